The fraction of sp³-hybridized carbons (Fsp3) is 0.450. The molecule has 1 atom stereocenters. The van der Waals surface area contributed by atoms with E-state index in [1.165, 1.54) is 11.3 Å². The van der Waals surface area contributed by atoms with Gasteiger partial charge in [0.15, 0.2) is 0 Å². The number of thiazole rings is 1. The van der Waals surface area contributed by atoms with Crippen molar-refractivity contribution >= 4 is 32.9 Å². The maximum atomic E-state index is 12.5. The Hall–Kier alpha value is -2.30. The van der Waals surface area contributed by atoms with E-state index in [2.05, 4.69) is 15.3 Å². The highest BCUT2D eigenvalue weighted by Gasteiger charge is 2.34. The standard InChI is InChI=1S/C20H25N5O3S2/c1-14(2)13-30(27,28)25-7-4-16(12-25)20-23-11-17(29-20)19(26)22-10-15-3-6-24-8-5-21-18(24)9-15/h3,5-6,8-9,11,14,16H,4,7,10,12-13H2,1-2H3,(H,22,26). The maximum absolute atomic E-state index is 12.5. The Morgan fingerprint density at radius 3 is 2.97 bits per heavy atom. The Kier molecular flexibility index (Phi) is 5.90. The molecule has 10 heteroatoms. The molecule has 1 aliphatic rings. The van der Waals surface area contributed by atoms with Gasteiger partial charge in [0, 0.05) is 44.1 Å². The first kappa shape index (κ1) is 21.0. The van der Waals surface area contributed by atoms with Crippen molar-refractivity contribution in [2.75, 3.05) is 18.8 Å². The van der Waals surface area contributed by atoms with Gasteiger partial charge < -0.3 is 9.72 Å². The van der Waals surface area contributed by atoms with Crippen LogP contribution in [-0.4, -0.2) is 51.8 Å². The Labute approximate surface area is 180 Å². The molecule has 3 aromatic heterocycles. The number of fused-ring (bicyclic) bond motifs is 1. The molecule has 4 rings (SSSR count). The van der Waals surface area contributed by atoms with E-state index in [9.17, 15) is 13.2 Å². The normalized spacial score (nSPS) is 17.8. The molecular weight excluding hydrogens is 422 g/mol. The van der Waals surface area contributed by atoms with Crippen molar-refractivity contribution in [2.24, 2.45) is 5.92 Å². The van der Waals surface area contributed by atoms with Gasteiger partial charge in [-0.25, -0.2) is 22.7 Å². The van der Waals surface area contributed by atoms with Crippen LogP contribution in [-0.2, 0) is 16.6 Å². The summed E-state index contributed by atoms with van der Waals surface area (Å²) in [6.07, 6.45) is 7.83. The Morgan fingerprint density at radius 1 is 1.33 bits per heavy atom. The molecule has 30 heavy (non-hydrogen) atoms. The summed E-state index contributed by atoms with van der Waals surface area (Å²) in [6.45, 7) is 5.17. The van der Waals surface area contributed by atoms with Gasteiger partial charge in [0.2, 0.25) is 10.0 Å². The molecule has 0 saturated carbocycles. The molecule has 1 unspecified atom stereocenters. The number of carbonyl (C=O) groups excluding carboxylic acids is 1. The SMILES string of the molecule is CC(C)CS(=O)(=O)N1CCC(c2ncc(C(=O)NCc3ccn4ccnc4c3)s2)C1. The van der Waals surface area contributed by atoms with Gasteiger partial charge in [-0.3, -0.25) is 4.79 Å². The van der Waals surface area contributed by atoms with Crippen molar-refractivity contribution in [3.8, 4) is 0 Å². The number of sulfonamides is 1. The summed E-state index contributed by atoms with van der Waals surface area (Å²) < 4.78 is 28.4. The number of carbonyl (C=O) groups is 1. The Morgan fingerprint density at radius 2 is 2.17 bits per heavy atom. The van der Waals surface area contributed by atoms with Crippen LogP contribution in [0.15, 0.2) is 36.9 Å². The monoisotopic (exact) mass is 447 g/mol. The molecule has 160 valence electrons. The molecule has 1 aliphatic heterocycles. The number of nitrogens with zero attached hydrogens (tertiary/aromatic N) is 4. The number of hydrogen-bond donors (Lipinski definition) is 1. The summed E-state index contributed by atoms with van der Waals surface area (Å²) in [4.78, 5) is 21.7. The van der Waals surface area contributed by atoms with Crippen LogP contribution in [0, 0.1) is 5.92 Å². The fourth-order valence-corrected chi connectivity index (χ4v) is 6.43. The van der Waals surface area contributed by atoms with Gasteiger partial charge in [-0.2, -0.15) is 0 Å². The summed E-state index contributed by atoms with van der Waals surface area (Å²) in [5, 5.41) is 3.74. The van der Waals surface area contributed by atoms with Crippen LogP contribution in [0.3, 0.4) is 0 Å². The average Bonchev–Trinajstić information content (AvgIpc) is 3.44. The third-order valence-corrected chi connectivity index (χ3v) is 8.47. The number of nitrogens with one attached hydrogen (secondary N) is 1. The number of pyridine rings is 1. The largest absolute Gasteiger partial charge is 0.347 e. The quantitative estimate of drug-likeness (QED) is 0.600. The topological polar surface area (TPSA) is 96.7 Å². The maximum Gasteiger partial charge on any atom is 0.263 e. The number of hydrogen-bond acceptors (Lipinski definition) is 6. The van der Waals surface area contributed by atoms with Gasteiger partial charge in [0.1, 0.15) is 10.5 Å². The lowest BCUT2D eigenvalue weighted by molar-refractivity contribution is 0.0954. The van der Waals surface area contributed by atoms with Crippen LogP contribution in [0.2, 0.25) is 0 Å². The average molecular weight is 448 g/mol. The van der Waals surface area contributed by atoms with Crippen LogP contribution in [0.1, 0.15) is 46.4 Å². The van der Waals surface area contributed by atoms with Crippen molar-refractivity contribution in [1.29, 1.82) is 0 Å². The van der Waals surface area contributed by atoms with Crippen LogP contribution in [0.5, 0.6) is 0 Å². The molecule has 8 nitrogen and oxygen atoms in total. The summed E-state index contributed by atoms with van der Waals surface area (Å²) >= 11 is 1.34. The van der Waals surface area contributed by atoms with E-state index in [1.807, 2.05) is 42.8 Å². The summed E-state index contributed by atoms with van der Waals surface area (Å²) in [5.74, 6) is 0.125. The molecule has 0 radical (unpaired) electrons. The number of amides is 1. The van der Waals surface area contributed by atoms with Crippen LogP contribution < -0.4 is 5.32 Å². The lowest BCUT2D eigenvalue weighted by Crippen LogP contribution is -2.32. The number of rotatable bonds is 7. The van der Waals surface area contributed by atoms with E-state index in [-0.39, 0.29) is 23.5 Å². The highest BCUT2D eigenvalue weighted by Crippen LogP contribution is 2.32. The first-order chi connectivity index (χ1) is 14.3. The van der Waals surface area contributed by atoms with Gasteiger partial charge in [0.05, 0.1) is 17.0 Å². The van der Waals surface area contributed by atoms with E-state index >= 15 is 0 Å². The molecule has 4 heterocycles. The predicted molar refractivity (Wildman–Crippen MR) is 116 cm³/mol. The van der Waals surface area contributed by atoms with Crippen molar-refractivity contribution in [3.63, 3.8) is 0 Å². The van der Waals surface area contributed by atoms with E-state index in [0.29, 0.717) is 24.5 Å². The van der Waals surface area contributed by atoms with Crippen molar-refractivity contribution < 1.29 is 13.2 Å². The van der Waals surface area contributed by atoms with Gasteiger partial charge in [-0.15, -0.1) is 11.3 Å². The van der Waals surface area contributed by atoms with Crippen molar-refractivity contribution in [3.05, 3.63) is 52.4 Å². The molecule has 1 N–H and O–H groups in total. The minimum Gasteiger partial charge on any atom is -0.347 e. The number of imidazole rings is 1. The van der Waals surface area contributed by atoms with Crippen LogP contribution in [0.4, 0.5) is 0 Å². The summed E-state index contributed by atoms with van der Waals surface area (Å²) in [7, 11) is -3.24. The van der Waals surface area contributed by atoms with Gasteiger partial charge in [-0.1, -0.05) is 13.8 Å². The van der Waals surface area contributed by atoms with Crippen molar-refractivity contribution in [1.82, 2.24) is 24.0 Å². The highest BCUT2D eigenvalue weighted by molar-refractivity contribution is 7.89. The van der Waals surface area contributed by atoms with E-state index in [0.717, 1.165) is 22.6 Å². The number of aromatic nitrogens is 3. The molecule has 0 aromatic carbocycles. The van der Waals surface area contributed by atoms with Crippen LogP contribution >= 0.6 is 11.3 Å². The molecule has 0 bridgehead atoms. The minimum absolute atomic E-state index is 0.0429. The molecule has 3 aromatic rings. The Bertz CT molecular complexity index is 1150. The fourth-order valence-electron chi connectivity index (χ4n) is 3.62. The molecule has 1 amide bonds. The van der Waals surface area contributed by atoms with Crippen molar-refractivity contribution in [2.45, 2.75) is 32.7 Å². The third-order valence-electron chi connectivity index (χ3n) is 5.10. The first-order valence-electron chi connectivity index (χ1n) is 9.95. The lowest BCUT2D eigenvalue weighted by atomic mass is 10.1. The molecule has 0 spiro atoms. The van der Waals surface area contributed by atoms with E-state index in [1.54, 1.807) is 16.7 Å². The second kappa shape index (κ2) is 8.44. The lowest BCUT2D eigenvalue weighted by Gasteiger charge is -2.17. The van der Waals surface area contributed by atoms with E-state index < -0.39 is 10.0 Å². The second-order valence-electron chi connectivity index (χ2n) is 7.99. The predicted octanol–water partition coefficient (Wildman–Crippen LogP) is 2.50. The zero-order valence-corrected chi connectivity index (χ0v) is 18.6. The molecule has 0 aliphatic carbocycles. The van der Waals surface area contributed by atoms with Gasteiger partial charge in [-0.05, 0) is 30.0 Å². The first-order valence-corrected chi connectivity index (χ1v) is 12.4. The minimum atomic E-state index is -3.24. The summed E-state index contributed by atoms with van der Waals surface area (Å²) in [6, 6.07) is 3.88. The summed E-state index contributed by atoms with van der Waals surface area (Å²) in [5.41, 5.74) is 1.80. The molecular formula is C20H25N5O3S2. The van der Waals surface area contributed by atoms with Crippen LogP contribution in [0.25, 0.3) is 5.65 Å². The van der Waals surface area contributed by atoms with E-state index in [4.69, 9.17) is 0 Å². The van der Waals surface area contributed by atoms with Gasteiger partial charge >= 0.3 is 0 Å². The van der Waals surface area contributed by atoms with Gasteiger partial charge in [0.25, 0.3) is 5.91 Å². The second-order valence-corrected chi connectivity index (χ2v) is 11.1. The highest BCUT2D eigenvalue weighted by atomic mass is 32.2. The molecule has 1 fully saturated rings. The third kappa shape index (κ3) is 4.55. The smallest absolute Gasteiger partial charge is 0.263 e. The zero-order chi connectivity index (χ0) is 21.3. The zero-order valence-electron chi connectivity index (χ0n) is 17.0. The Balaban J connectivity index is 1.36. The molecule has 1 saturated heterocycles.